The van der Waals surface area contributed by atoms with Crippen LogP contribution in [-0.2, 0) is 13.1 Å². The molecule has 0 atom stereocenters. The molecule has 3 heterocycles. The molecule has 0 saturated heterocycles. The smallest absolute Gasteiger partial charge is 0.231 e. The predicted molar refractivity (Wildman–Crippen MR) is 76.4 cm³/mol. The van der Waals surface area contributed by atoms with E-state index in [1.165, 1.54) is 0 Å². The zero-order chi connectivity index (χ0) is 14.9. The average Bonchev–Trinajstić information content (AvgIpc) is 3.27. The van der Waals surface area contributed by atoms with Crippen LogP contribution in [-0.4, -0.2) is 36.8 Å². The second kappa shape index (κ2) is 5.14. The second-order valence-corrected chi connectivity index (χ2v) is 4.92. The van der Waals surface area contributed by atoms with Crippen LogP contribution >= 0.6 is 0 Å². The summed E-state index contributed by atoms with van der Waals surface area (Å²) < 4.78 is 14.8. The second-order valence-electron chi connectivity index (χ2n) is 4.92. The minimum Gasteiger partial charge on any atom is -0.454 e. The number of ether oxygens (including phenoxy) is 2. The van der Waals surface area contributed by atoms with Crippen LogP contribution in [0, 0.1) is 0 Å². The Morgan fingerprint density at radius 3 is 3.05 bits per heavy atom. The summed E-state index contributed by atoms with van der Waals surface area (Å²) in [5, 5.41) is 15.5. The summed E-state index contributed by atoms with van der Waals surface area (Å²) in [7, 11) is 0. The van der Waals surface area contributed by atoms with E-state index < -0.39 is 0 Å². The van der Waals surface area contributed by atoms with E-state index in [1.807, 2.05) is 16.8 Å². The van der Waals surface area contributed by atoms with Crippen molar-refractivity contribution in [2.75, 3.05) is 6.79 Å². The lowest BCUT2D eigenvalue weighted by Crippen LogP contribution is -2.03. The van der Waals surface area contributed by atoms with E-state index in [1.54, 1.807) is 17.2 Å². The maximum atomic E-state index is 5.63. The topological polar surface area (TPSA) is 79.9 Å². The van der Waals surface area contributed by atoms with Crippen molar-refractivity contribution < 1.29 is 9.47 Å². The van der Waals surface area contributed by atoms with Crippen LogP contribution < -0.4 is 9.47 Å². The van der Waals surface area contributed by atoms with E-state index in [0.29, 0.717) is 6.54 Å². The van der Waals surface area contributed by atoms with Crippen molar-refractivity contribution in [3.05, 3.63) is 36.3 Å². The van der Waals surface area contributed by atoms with Gasteiger partial charge in [0.1, 0.15) is 6.33 Å². The largest absolute Gasteiger partial charge is 0.454 e. The van der Waals surface area contributed by atoms with Crippen LogP contribution in [0.15, 0.2) is 30.7 Å². The molecule has 0 unspecified atom stereocenters. The van der Waals surface area contributed by atoms with Gasteiger partial charge >= 0.3 is 0 Å². The molecule has 0 bridgehead atoms. The highest BCUT2D eigenvalue weighted by atomic mass is 16.7. The maximum Gasteiger partial charge on any atom is 0.231 e. The normalized spacial score (nSPS) is 12.8. The molecule has 8 heteroatoms. The monoisotopic (exact) mass is 298 g/mol. The van der Waals surface area contributed by atoms with Gasteiger partial charge in [0.05, 0.1) is 12.2 Å². The van der Waals surface area contributed by atoms with Crippen molar-refractivity contribution in [1.82, 2.24) is 30.0 Å². The zero-order valence-corrected chi connectivity index (χ0v) is 12.0. The molecule has 1 aromatic carbocycles. The standard InChI is InChI=1S/C14H14N6O2/c1-2-20-12(3-4-16-20)11-5-10(7-19-8-15-17-18-19)6-13-14(11)22-9-21-13/h3-6,8H,2,7,9H2,1H3. The number of nitrogens with zero attached hydrogens (tertiary/aromatic N) is 6. The summed E-state index contributed by atoms with van der Waals surface area (Å²) in [6.07, 6.45) is 3.37. The summed E-state index contributed by atoms with van der Waals surface area (Å²) >= 11 is 0. The van der Waals surface area contributed by atoms with E-state index in [2.05, 4.69) is 33.6 Å². The van der Waals surface area contributed by atoms with Gasteiger partial charge in [-0.25, -0.2) is 4.68 Å². The molecule has 0 spiro atoms. The first-order valence-corrected chi connectivity index (χ1v) is 7.00. The number of rotatable bonds is 4. The lowest BCUT2D eigenvalue weighted by molar-refractivity contribution is 0.174. The molecule has 0 radical (unpaired) electrons. The van der Waals surface area contributed by atoms with Gasteiger partial charge in [-0.05, 0) is 41.1 Å². The number of hydrogen-bond donors (Lipinski definition) is 0. The van der Waals surface area contributed by atoms with Gasteiger partial charge in [-0.3, -0.25) is 4.68 Å². The third-order valence-corrected chi connectivity index (χ3v) is 3.56. The molecule has 0 aliphatic carbocycles. The summed E-state index contributed by atoms with van der Waals surface area (Å²) in [5.74, 6) is 1.50. The number of benzene rings is 1. The first-order valence-electron chi connectivity index (χ1n) is 7.00. The van der Waals surface area contributed by atoms with Crippen molar-refractivity contribution >= 4 is 0 Å². The lowest BCUT2D eigenvalue weighted by atomic mass is 10.1. The Hall–Kier alpha value is -2.90. The number of fused-ring (bicyclic) bond motifs is 1. The van der Waals surface area contributed by atoms with Gasteiger partial charge in [-0.2, -0.15) is 5.10 Å². The van der Waals surface area contributed by atoms with Crippen LogP contribution in [0.4, 0.5) is 0 Å². The van der Waals surface area contributed by atoms with E-state index >= 15 is 0 Å². The molecule has 0 N–H and O–H groups in total. The highest BCUT2D eigenvalue weighted by molar-refractivity contribution is 5.73. The molecule has 4 rings (SSSR count). The van der Waals surface area contributed by atoms with Crippen LogP contribution in [0.1, 0.15) is 12.5 Å². The number of aromatic nitrogens is 6. The fourth-order valence-corrected chi connectivity index (χ4v) is 2.60. The molecule has 0 amide bonds. The highest BCUT2D eigenvalue weighted by Gasteiger charge is 2.22. The number of aryl methyl sites for hydroxylation is 1. The molecule has 0 saturated carbocycles. The first kappa shape index (κ1) is 12.8. The van der Waals surface area contributed by atoms with Gasteiger partial charge < -0.3 is 9.47 Å². The van der Waals surface area contributed by atoms with Crippen LogP contribution in [0.5, 0.6) is 11.5 Å². The third kappa shape index (κ3) is 2.09. The molecule has 22 heavy (non-hydrogen) atoms. The van der Waals surface area contributed by atoms with Gasteiger partial charge in [0.2, 0.25) is 6.79 Å². The molecule has 112 valence electrons. The summed E-state index contributed by atoms with van der Waals surface area (Å²) in [6, 6.07) is 6.00. The summed E-state index contributed by atoms with van der Waals surface area (Å²) in [6.45, 7) is 3.64. The van der Waals surface area contributed by atoms with Gasteiger partial charge in [0, 0.05) is 18.3 Å². The van der Waals surface area contributed by atoms with Gasteiger partial charge in [0.15, 0.2) is 11.5 Å². The average molecular weight is 298 g/mol. The Morgan fingerprint density at radius 1 is 1.27 bits per heavy atom. The van der Waals surface area contributed by atoms with E-state index in [0.717, 1.165) is 34.9 Å². The molecule has 1 aliphatic heterocycles. The van der Waals surface area contributed by atoms with Crippen LogP contribution in [0.3, 0.4) is 0 Å². The Kier molecular flexibility index (Phi) is 2.99. The van der Waals surface area contributed by atoms with E-state index in [4.69, 9.17) is 9.47 Å². The Labute approximate surface area is 126 Å². The van der Waals surface area contributed by atoms with Crippen molar-refractivity contribution in [1.29, 1.82) is 0 Å². The van der Waals surface area contributed by atoms with Crippen molar-refractivity contribution in [3.63, 3.8) is 0 Å². The molecule has 1 aliphatic rings. The maximum absolute atomic E-state index is 5.63. The Morgan fingerprint density at radius 2 is 2.23 bits per heavy atom. The predicted octanol–water partition coefficient (Wildman–Crippen LogP) is 1.33. The zero-order valence-electron chi connectivity index (χ0n) is 12.0. The van der Waals surface area contributed by atoms with Gasteiger partial charge in [-0.1, -0.05) is 0 Å². The molecular formula is C14H14N6O2. The lowest BCUT2D eigenvalue weighted by Gasteiger charge is -2.10. The Balaban J connectivity index is 1.81. The summed E-state index contributed by atoms with van der Waals surface area (Å²) in [4.78, 5) is 0. The molecule has 0 fully saturated rings. The quantitative estimate of drug-likeness (QED) is 0.723. The van der Waals surface area contributed by atoms with Gasteiger partial charge in [0.25, 0.3) is 0 Å². The fraction of sp³-hybridized carbons (Fsp3) is 0.286. The van der Waals surface area contributed by atoms with Gasteiger partial charge in [-0.15, -0.1) is 5.10 Å². The number of hydrogen-bond acceptors (Lipinski definition) is 6. The summed E-state index contributed by atoms with van der Waals surface area (Å²) in [5.41, 5.74) is 3.01. The van der Waals surface area contributed by atoms with Crippen molar-refractivity contribution in [2.24, 2.45) is 0 Å². The van der Waals surface area contributed by atoms with Crippen molar-refractivity contribution in [3.8, 4) is 22.8 Å². The highest BCUT2D eigenvalue weighted by Crippen LogP contribution is 2.42. The minimum atomic E-state index is 0.233. The van der Waals surface area contributed by atoms with Crippen LogP contribution in [0.2, 0.25) is 0 Å². The molecular weight excluding hydrogens is 284 g/mol. The minimum absolute atomic E-state index is 0.233. The molecule has 3 aromatic rings. The molecule has 2 aromatic heterocycles. The van der Waals surface area contributed by atoms with E-state index in [-0.39, 0.29) is 6.79 Å². The molecule has 8 nitrogen and oxygen atoms in total. The van der Waals surface area contributed by atoms with Crippen LogP contribution in [0.25, 0.3) is 11.3 Å². The Bertz CT molecular complexity index is 796. The van der Waals surface area contributed by atoms with Crippen molar-refractivity contribution in [2.45, 2.75) is 20.0 Å². The van der Waals surface area contributed by atoms with E-state index in [9.17, 15) is 0 Å². The SMILES string of the molecule is CCn1nccc1-c1cc(Cn2cnnn2)cc2c1OCO2. The first-order chi connectivity index (χ1) is 10.8. The third-order valence-electron chi connectivity index (χ3n) is 3.56. The fourth-order valence-electron chi connectivity index (χ4n) is 2.60. The number of tetrazole rings is 1.